The zero-order valence-corrected chi connectivity index (χ0v) is 9.37. The summed E-state index contributed by atoms with van der Waals surface area (Å²) in [6.45, 7) is 1.96. The monoisotopic (exact) mass is 251 g/mol. The van der Waals surface area contributed by atoms with E-state index < -0.39 is 0 Å². The molecule has 0 radical (unpaired) electrons. The molecule has 3 heteroatoms. The Hall–Kier alpha value is -0.850. The van der Waals surface area contributed by atoms with Crippen molar-refractivity contribution >= 4 is 37.4 Å². The van der Waals surface area contributed by atoms with Crippen LogP contribution in [0.3, 0.4) is 0 Å². The number of fused-ring (bicyclic) bond motifs is 1. The molecule has 0 atom stereocenters. The summed E-state index contributed by atoms with van der Waals surface area (Å²) in [5.74, 6) is 0. The van der Waals surface area contributed by atoms with Crippen molar-refractivity contribution in [2.75, 3.05) is 0 Å². The van der Waals surface area contributed by atoms with E-state index in [2.05, 4.69) is 22.0 Å². The third-order valence-corrected chi connectivity index (χ3v) is 3.59. The molecule has 0 spiro atoms. The van der Waals surface area contributed by atoms with E-state index in [0.29, 0.717) is 0 Å². The highest BCUT2D eigenvalue weighted by molar-refractivity contribution is 9.10. The molecule has 0 aliphatic heterocycles. The van der Waals surface area contributed by atoms with Crippen molar-refractivity contribution in [3.05, 3.63) is 33.1 Å². The first-order valence-corrected chi connectivity index (χ1v) is 5.47. The van der Waals surface area contributed by atoms with E-state index in [1.165, 1.54) is 0 Å². The number of rotatable bonds is 0. The zero-order chi connectivity index (χ0) is 9.42. The summed E-state index contributed by atoms with van der Waals surface area (Å²) in [4.78, 5) is 0. The molecule has 0 unspecified atom stereocenters. The van der Waals surface area contributed by atoms with Crippen LogP contribution in [0.25, 0.3) is 10.1 Å². The number of hydrogen-bond acceptors (Lipinski definition) is 2. The first-order chi connectivity index (χ1) is 6.24. The summed E-state index contributed by atoms with van der Waals surface area (Å²) < 4.78 is 2.15. The third-order valence-electron chi connectivity index (χ3n) is 2.00. The molecule has 1 aromatic heterocycles. The van der Waals surface area contributed by atoms with Gasteiger partial charge in [0, 0.05) is 9.86 Å². The minimum Gasteiger partial charge on any atom is -0.192 e. The highest BCUT2D eigenvalue weighted by Gasteiger charge is 2.08. The van der Waals surface area contributed by atoms with Gasteiger partial charge in [0.2, 0.25) is 0 Å². The first-order valence-electron chi connectivity index (χ1n) is 3.80. The van der Waals surface area contributed by atoms with E-state index in [4.69, 9.17) is 5.26 Å². The van der Waals surface area contributed by atoms with E-state index in [0.717, 1.165) is 25.7 Å². The van der Waals surface area contributed by atoms with Gasteiger partial charge in [0.1, 0.15) is 6.07 Å². The molecule has 0 aliphatic carbocycles. The van der Waals surface area contributed by atoms with Crippen LogP contribution in [0, 0.1) is 18.3 Å². The standard InChI is InChI=1S/C10H6BrNS/c1-6-4-9(11)7-2-3-13-10(7)8(6)5-12/h2-4H,1H3. The summed E-state index contributed by atoms with van der Waals surface area (Å²) in [6.07, 6.45) is 0. The fourth-order valence-corrected chi connectivity index (χ4v) is 3.12. The maximum Gasteiger partial charge on any atom is 0.101 e. The molecular formula is C10H6BrNS. The van der Waals surface area contributed by atoms with Crippen LogP contribution in [0.2, 0.25) is 0 Å². The first kappa shape index (κ1) is 8.74. The lowest BCUT2D eigenvalue weighted by atomic mass is 10.1. The lowest BCUT2D eigenvalue weighted by Gasteiger charge is -2.00. The SMILES string of the molecule is Cc1cc(Br)c2ccsc2c1C#N. The van der Waals surface area contributed by atoms with Crippen LogP contribution < -0.4 is 0 Å². The van der Waals surface area contributed by atoms with Crippen LogP contribution in [0.4, 0.5) is 0 Å². The van der Waals surface area contributed by atoms with Crippen molar-refractivity contribution in [1.82, 2.24) is 0 Å². The van der Waals surface area contributed by atoms with E-state index in [-0.39, 0.29) is 0 Å². The smallest absolute Gasteiger partial charge is 0.101 e. The Bertz CT molecular complexity index is 507. The van der Waals surface area contributed by atoms with Crippen molar-refractivity contribution in [1.29, 1.82) is 5.26 Å². The highest BCUT2D eigenvalue weighted by atomic mass is 79.9. The summed E-state index contributed by atoms with van der Waals surface area (Å²) in [5, 5.41) is 12.1. The van der Waals surface area contributed by atoms with Crippen molar-refractivity contribution < 1.29 is 0 Å². The highest BCUT2D eigenvalue weighted by Crippen LogP contribution is 2.32. The second kappa shape index (κ2) is 3.13. The van der Waals surface area contributed by atoms with E-state index in [1.54, 1.807) is 11.3 Å². The summed E-state index contributed by atoms with van der Waals surface area (Å²) in [7, 11) is 0. The number of nitrogens with zero attached hydrogens (tertiary/aromatic N) is 1. The van der Waals surface area contributed by atoms with Crippen molar-refractivity contribution in [3.63, 3.8) is 0 Å². The Kier molecular flexibility index (Phi) is 2.10. The van der Waals surface area contributed by atoms with Gasteiger partial charge in [0.05, 0.1) is 10.3 Å². The summed E-state index contributed by atoms with van der Waals surface area (Å²) in [5.41, 5.74) is 1.83. The van der Waals surface area contributed by atoms with Crippen LogP contribution in [-0.2, 0) is 0 Å². The summed E-state index contributed by atoms with van der Waals surface area (Å²) in [6, 6.07) is 6.27. The lowest BCUT2D eigenvalue weighted by molar-refractivity contribution is 1.42. The minimum absolute atomic E-state index is 0.799. The number of benzene rings is 1. The van der Waals surface area contributed by atoms with Gasteiger partial charge in [0.15, 0.2) is 0 Å². The van der Waals surface area contributed by atoms with Gasteiger partial charge in [-0.1, -0.05) is 15.9 Å². The molecule has 0 fully saturated rings. The normalized spacial score (nSPS) is 10.2. The molecule has 0 saturated carbocycles. The second-order valence-electron chi connectivity index (χ2n) is 2.83. The quantitative estimate of drug-likeness (QED) is 0.698. The average molecular weight is 252 g/mol. The fraction of sp³-hybridized carbons (Fsp3) is 0.100. The zero-order valence-electron chi connectivity index (χ0n) is 6.97. The Morgan fingerprint density at radius 1 is 1.54 bits per heavy atom. The van der Waals surface area contributed by atoms with Crippen LogP contribution in [0.1, 0.15) is 11.1 Å². The summed E-state index contributed by atoms with van der Waals surface area (Å²) >= 11 is 5.10. The molecule has 2 rings (SSSR count). The maximum atomic E-state index is 8.97. The van der Waals surface area contributed by atoms with Crippen molar-refractivity contribution in [3.8, 4) is 6.07 Å². The van der Waals surface area contributed by atoms with E-state index >= 15 is 0 Å². The lowest BCUT2D eigenvalue weighted by Crippen LogP contribution is -1.82. The Balaban J connectivity index is 2.99. The van der Waals surface area contributed by atoms with Gasteiger partial charge >= 0.3 is 0 Å². The van der Waals surface area contributed by atoms with Gasteiger partial charge in [0.25, 0.3) is 0 Å². The molecule has 1 heterocycles. The Morgan fingerprint density at radius 3 is 3.00 bits per heavy atom. The van der Waals surface area contributed by atoms with Gasteiger partial charge < -0.3 is 0 Å². The number of hydrogen-bond donors (Lipinski definition) is 0. The average Bonchev–Trinajstić information content (AvgIpc) is 2.53. The van der Waals surface area contributed by atoms with Gasteiger partial charge in [-0.05, 0) is 30.0 Å². The van der Waals surface area contributed by atoms with Gasteiger partial charge in [-0.15, -0.1) is 11.3 Å². The predicted octanol–water partition coefficient (Wildman–Crippen LogP) is 3.84. The van der Waals surface area contributed by atoms with Gasteiger partial charge in [-0.3, -0.25) is 0 Å². The molecule has 1 nitrogen and oxygen atoms in total. The molecule has 64 valence electrons. The molecule has 0 bridgehead atoms. The van der Waals surface area contributed by atoms with Gasteiger partial charge in [-0.25, -0.2) is 0 Å². The Morgan fingerprint density at radius 2 is 2.31 bits per heavy atom. The number of halogens is 1. The van der Waals surface area contributed by atoms with Crippen LogP contribution in [0.5, 0.6) is 0 Å². The molecule has 0 aliphatic rings. The second-order valence-corrected chi connectivity index (χ2v) is 4.60. The molecule has 2 aromatic rings. The molecule has 0 N–H and O–H groups in total. The van der Waals surface area contributed by atoms with E-state index in [9.17, 15) is 0 Å². The molecular weight excluding hydrogens is 246 g/mol. The van der Waals surface area contributed by atoms with Gasteiger partial charge in [-0.2, -0.15) is 5.26 Å². The number of aryl methyl sites for hydroxylation is 1. The predicted molar refractivity (Wildman–Crippen MR) is 59.0 cm³/mol. The molecule has 1 aromatic carbocycles. The Labute approximate surface area is 88.7 Å². The topological polar surface area (TPSA) is 23.8 Å². The molecule has 13 heavy (non-hydrogen) atoms. The molecule has 0 saturated heterocycles. The minimum atomic E-state index is 0.799. The van der Waals surface area contributed by atoms with Crippen LogP contribution >= 0.6 is 27.3 Å². The molecule has 0 amide bonds. The van der Waals surface area contributed by atoms with Crippen molar-refractivity contribution in [2.24, 2.45) is 0 Å². The largest absolute Gasteiger partial charge is 0.192 e. The van der Waals surface area contributed by atoms with Crippen LogP contribution in [-0.4, -0.2) is 0 Å². The maximum absolute atomic E-state index is 8.97. The number of nitriles is 1. The van der Waals surface area contributed by atoms with E-state index in [1.807, 2.05) is 24.4 Å². The number of thiophene rings is 1. The van der Waals surface area contributed by atoms with Crippen molar-refractivity contribution in [2.45, 2.75) is 6.92 Å². The van der Waals surface area contributed by atoms with Crippen LogP contribution in [0.15, 0.2) is 22.0 Å². The third kappa shape index (κ3) is 1.27. The fourth-order valence-electron chi connectivity index (χ4n) is 1.35.